The Kier molecular flexibility index (Phi) is 6.10. The molecule has 4 rings (SSSR count). The number of aromatic nitrogens is 1. The van der Waals surface area contributed by atoms with Crippen molar-refractivity contribution >= 4 is 33.1 Å². The molecule has 0 bridgehead atoms. The largest absolute Gasteiger partial charge is 0.484 e. The number of hydrogen-bond acceptors (Lipinski definition) is 4. The van der Waals surface area contributed by atoms with Crippen molar-refractivity contribution in [3.05, 3.63) is 77.7 Å². The fraction of sp³-hybridized carbons (Fsp3) is 0.200. The summed E-state index contributed by atoms with van der Waals surface area (Å²) in [5, 5.41) is 7.57. The molecule has 1 N–H and O–H groups in total. The minimum absolute atomic E-state index is 0.0584. The fourth-order valence-electron chi connectivity index (χ4n) is 3.31. The van der Waals surface area contributed by atoms with Crippen molar-refractivity contribution in [3.63, 3.8) is 0 Å². The summed E-state index contributed by atoms with van der Waals surface area (Å²) in [7, 11) is 0. The molecule has 0 aliphatic heterocycles. The monoisotopic (exact) mass is 416 g/mol. The average Bonchev–Trinajstić information content (AvgIpc) is 3.20. The van der Waals surface area contributed by atoms with Gasteiger partial charge in [-0.1, -0.05) is 68.4 Å². The summed E-state index contributed by atoms with van der Waals surface area (Å²) < 4.78 is 5.65. The second kappa shape index (κ2) is 9.09. The van der Waals surface area contributed by atoms with E-state index >= 15 is 0 Å². The van der Waals surface area contributed by atoms with Crippen LogP contribution in [0.25, 0.3) is 22.0 Å². The van der Waals surface area contributed by atoms with Gasteiger partial charge in [0.25, 0.3) is 5.91 Å². The highest BCUT2D eigenvalue weighted by Crippen LogP contribution is 2.26. The van der Waals surface area contributed by atoms with Gasteiger partial charge in [-0.15, -0.1) is 11.3 Å². The van der Waals surface area contributed by atoms with Crippen molar-refractivity contribution in [3.8, 4) is 17.0 Å². The maximum Gasteiger partial charge on any atom is 0.264 e. The van der Waals surface area contributed by atoms with Crippen LogP contribution in [0.15, 0.2) is 72.1 Å². The van der Waals surface area contributed by atoms with Gasteiger partial charge >= 0.3 is 0 Å². The van der Waals surface area contributed by atoms with E-state index in [1.807, 2.05) is 47.8 Å². The van der Waals surface area contributed by atoms with Gasteiger partial charge in [-0.25, -0.2) is 4.98 Å². The van der Waals surface area contributed by atoms with Crippen molar-refractivity contribution in [1.82, 2.24) is 4.98 Å². The van der Waals surface area contributed by atoms with Gasteiger partial charge in [0.05, 0.1) is 5.69 Å². The molecule has 1 aromatic heterocycles. The molecule has 0 fully saturated rings. The molecule has 0 saturated carbocycles. The van der Waals surface area contributed by atoms with Gasteiger partial charge in [0.2, 0.25) is 0 Å². The molecule has 1 amide bonds. The number of nitrogens with zero attached hydrogens (tertiary/aromatic N) is 1. The number of anilines is 1. The Hall–Kier alpha value is -3.18. The van der Waals surface area contributed by atoms with Crippen LogP contribution in [0, 0.1) is 5.92 Å². The second-order valence-electron chi connectivity index (χ2n) is 7.68. The standard InChI is InChI=1S/C25H24N2O2S/c1-17(2)13-18-7-9-20(10-8-18)23-16-30-25(26-23)27-24(28)15-29-22-12-11-19-5-3-4-6-21(19)14-22/h3-12,14,16-17H,13,15H2,1-2H3,(H,26,27,28). The number of fused-ring (bicyclic) bond motifs is 1. The second-order valence-corrected chi connectivity index (χ2v) is 8.54. The first-order valence-corrected chi connectivity index (χ1v) is 10.9. The Morgan fingerprint density at radius 2 is 1.80 bits per heavy atom. The van der Waals surface area contributed by atoms with Crippen LogP contribution in [-0.2, 0) is 11.2 Å². The molecule has 5 heteroatoms. The van der Waals surface area contributed by atoms with Gasteiger partial charge in [0.15, 0.2) is 11.7 Å². The molecule has 0 aliphatic rings. The van der Waals surface area contributed by atoms with E-state index < -0.39 is 0 Å². The zero-order valence-corrected chi connectivity index (χ0v) is 17.9. The van der Waals surface area contributed by atoms with Crippen LogP contribution in [0.4, 0.5) is 5.13 Å². The smallest absolute Gasteiger partial charge is 0.264 e. The molecule has 0 aliphatic carbocycles. The van der Waals surface area contributed by atoms with Crippen molar-refractivity contribution in [2.75, 3.05) is 11.9 Å². The molecule has 1 heterocycles. The van der Waals surface area contributed by atoms with Gasteiger partial charge in [0, 0.05) is 10.9 Å². The molecule has 0 atom stereocenters. The Morgan fingerprint density at radius 3 is 2.57 bits per heavy atom. The van der Waals surface area contributed by atoms with Gasteiger partial charge in [-0.3, -0.25) is 10.1 Å². The highest BCUT2D eigenvalue weighted by molar-refractivity contribution is 7.14. The van der Waals surface area contributed by atoms with Crippen molar-refractivity contribution in [2.24, 2.45) is 5.92 Å². The number of benzene rings is 3. The third-order valence-corrected chi connectivity index (χ3v) is 5.49. The first-order chi connectivity index (χ1) is 14.6. The first kappa shape index (κ1) is 20.1. The van der Waals surface area contributed by atoms with E-state index in [4.69, 9.17) is 4.74 Å². The predicted octanol–water partition coefficient (Wildman–Crippen LogP) is 6.18. The molecule has 30 heavy (non-hydrogen) atoms. The van der Waals surface area contributed by atoms with E-state index in [1.165, 1.54) is 16.9 Å². The molecular formula is C25H24N2O2S. The fourth-order valence-corrected chi connectivity index (χ4v) is 4.04. The van der Waals surface area contributed by atoms with Crippen LogP contribution in [0.3, 0.4) is 0 Å². The highest BCUT2D eigenvalue weighted by Gasteiger charge is 2.09. The van der Waals surface area contributed by atoms with E-state index in [1.54, 1.807) is 0 Å². The van der Waals surface area contributed by atoms with Crippen LogP contribution in [-0.4, -0.2) is 17.5 Å². The van der Waals surface area contributed by atoms with Crippen LogP contribution in [0.5, 0.6) is 5.75 Å². The first-order valence-electron chi connectivity index (χ1n) is 10.0. The van der Waals surface area contributed by atoms with Crippen LogP contribution in [0.2, 0.25) is 0 Å². The minimum atomic E-state index is -0.226. The molecule has 0 radical (unpaired) electrons. The number of amides is 1. The van der Waals surface area contributed by atoms with Crippen LogP contribution >= 0.6 is 11.3 Å². The maximum atomic E-state index is 12.3. The number of nitrogens with one attached hydrogen (secondary N) is 1. The van der Waals surface area contributed by atoms with Crippen LogP contribution < -0.4 is 10.1 Å². The lowest BCUT2D eigenvalue weighted by atomic mass is 10.0. The summed E-state index contributed by atoms with van der Waals surface area (Å²) in [4.78, 5) is 16.8. The number of thiazole rings is 1. The number of rotatable bonds is 7. The molecular weight excluding hydrogens is 392 g/mol. The van der Waals surface area contributed by atoms with E-state index in [2.05, 4.69) is 48.4 Å². The summed E-state index contributed by atoms with van der Waals surface area (Å²) in [5.74, 6) is 1.08. The summed E-state index contributed by atoms with van der Waals surface area (Å²) in [5.41, 5.74) is 3.23. The van der Waals surface area contributed by atoms with Crippen molar-refractivity contribution in [2.45, 2.75) is 20.3 Å². The number of carbonyl (C=O) groups is 1. The lowest BCUT2D eigenvalue weighted by Crippen LogP contribution is -2.20. The topological polar surface area (TPSA) is 51.2 Å². The lowest BCUT2D eigenvalue weighted by molar-refractivity contribution is -0.118. The van der Waals surface area contributed by atoms with E-state index in [0.29, 0.717) is 16.8 Å². The molecule has 4 aromatic rings. The Bertz CT molecular complexity index is 1150. The molecule has 3 aromatic carbocycles. The zero-order chi connectivity index (χ0) is 20.9. The van der Waals surface area contributed by atoms with Crippen molar-refractivity contribution in [1.29, 1.82) is 0 Å². The third kappa shape index (κ3) is 5.05. The Balaban J connectivity index is 1.34. The summed E-state index contributed by atoms with van der Waals surface area (Å²) in [6.45, 7) is 4.37. The summed E-state index contributed by atoms with van der Waals surface area (Å²) in [6.07, 6.45) is 1.07. The molecule has 0 spiro atoms. The molecule has 0 saturated heterocycles. The normalized spacial score (nSPS) is 11.0. The molecule has 152 valence electrons. The number of carbonyl (C=O) groups excluding carboxylic acids is 1. The third-order valence-electron chi connectivity index (χ3n) is 4.74. The van der Waals surface area contributed by atoms with Gasteiger partial charge < -0.3 is 4.74 Å². The lowest BCUT2D eigenvalue weighted by Gasteiger charge is -2.07. The van der Waals surface area contributed by atoms with Crippen molar-refractivity contribution < 1.29 is 9.53 Å². The van der Waals surface area contributed by atoms with Crippen LogP contribution in [0.1, 0.15) is 19.4 Å². The minimum Gasteiger partial charge on any atom is -0.484 e. The number of hydrogen-bond donors (Lipinski definition) is 1. The van der Waals surface area contributed by atoms with Gasteiger partial charge in [-0.2, -0.15) is 0 Å². The Labute approximate surface area is 180 Å². The van der Waals surface area contributed by atoms with E-state index in [9.17, 15) is 4.79 Å². The highest BCUT2D eigenvalue weighted by atomic mass is 32.1. The molecule has 0 unspecified atom stereocenters. The maximum absolute atomic E-state index is 12.3. The predicted molar refractivity (Wildman–Crippen MR) is 124 cm³/mol. The summed E-state index contributed by atoms with van der Waals surface area (Å²) >= 11 is 1.41. The zero-order valence-electron chi connectivity index (χ0n) is 17.1. The summed E-state index contributed by atoms with van der Waals surface area (Å²) in [6, 6.07) is 22.3. The Morgan fingerprint density at radius 1 is 1.03 bits per heavy atom. The van der Waals surface area contributed by atoms with E-state index in [-0.39, 0.29) is 12.5 Å². The number of ether oxygens (including phenoxy) is 1. The van der Waals surface area contributed by atoms with E-state index in [0.717, 1.165) is 28.5 Å². The average molecular weight is 417 g/mol. The molecule has 4 nitrogen and oxygen atoms in total. The quantitative estimate of drug-likeness (QED) is 0.391. The van der Waals surface area contributed by atoms with Gasteiger partial charge in [0.1, 0.15) is 5.75 Å². The SMILES string of the molecule is CC(C)Cc1ccc(-c2csc(NC(=O)COc3ccc4ccccc4c3)n2)cc1. The van der Waals surface area contributed by atoms with Gasteiger partial charge in [-0.05, 0) is 40.8 Å².